The molecule has 0 aromatic heterocycles. The van der Waals surface area contributed by atoms with Crippen LogP contribution in [0.2, 0.25) is 0 Å². The normalized spacial score (nSPS) is 33.7. The van der Waals surface area contributed by atoms with Crippen LogP contribution in [0.4, 0.5) is 0 Å². The van der Waals surface area contributed by atoms with Crippen molar-refractivity contribution in [2.75, 3.05) is 6.61 Å². The fourth-order valence-corrected chi connectivity index (χ4v) is 5.56. The first-order valence-electron chi connectivity index (χ1n) is 12.6. The Morgan fingerprint density at radius 2 is 1.74 bits per heavy atom. The Bertz CT molecular complexity index is 926. The van der Waals surface area contributed by atoms with Crippen molar-refractivity contribution in [3.05, 3.63) is 70.4 Å². The third-order valence-electron chi connectivity index (χ3n) is 7.50. The molecular formula is C30H44O5. The van der Waals surface area contributed by atoms with Gasteiger partial charge in [0.15, 0.2) is 6.29 Å². The Morgan fingerprint density at radius 3 is 2.37 bits per heavy atom. The molecule has 1 aliphatic carbocycles. The van der Waals surface area contributed by atoms with Gasteiger partial charge in [0.25, 0.3) is 0 Å². The molecule has 5 heteroatoms. The number of aliphatic hydroxyl groups is 3. The number of ether oxygens (including phenoxy) is 1. The molecule has 0 bridgehead atoms. The fourth-order valence-electron chi connectivity index (χ4n) is 5.56. The summed E-state index contributed by atoms with van der Waals surface area (Å²) in [7, 11) is 0. The van der Waals surface area contributed by atoms with E-state index in [1.54, 1.807) is 13.8 Å². The Hall–Kier alpha value is -2.05. The molecule has 0 aromatic rings. The van der Waals surface area contributed by atoms with Crippen LogP contribution < -0.4 is 0 Å². The molecule has 1 aliphatic heterocycles. The molecule has 2 fully saturated rings. The van der Waals surface area contributed by atoms with Crippen molar-refractivity contribution in [3.63, 3.8) is 0 Å². The molecule has 0 radical (unpaired) electrons. The molecule has 0 aromatic carbocycles. The summed E-state index contributed by atoms with van der Waals surface area (Å²) in [6, 6.07) is 0. The van der Waals surface area contributed by atoms with Gasteiger partial charge in [0.05, 0.1) is 17.1 Å². The van der Waals surface area contributed by atoms with Gasteiger partial charge in [-0.3, -0.25) is 4.79 Å². The lowest BCUT2D eigenvalue weighted by Crippen LogP contribution is -2.58. The minimum atomic E-state index is -1.17. The second-order valence-electron chi connectivity index (χ2n) is 10.6. The number of carbonyl (C=O) groups is 1. The maximum absolute atomic E-state index is 11.6. The van der Waals surface area contributed by atoms with E-state index in [1.807, 2.05) is 44.2 Å². The van der Waals surface area contributed by atoms with E-state index < -0.39 is 17.3 Å². The number of carbonyl (C=O) groups excluding carboxylic acids is 1. The van der Waals surface area contributed by atoms with Crippen molar-refractivity contribution in [3.8, 4) is 0 Å². The van der Waals surface area contributed by atoms with Gasteiger partial charge < -0.3 is 20.1 Å². The van der Waals surface area contributed by atoms with E-state index >= 15 is 0 Å². The summed E-state index contributed by atoms with van der Waals surface area (Å²) in [6.07, 6.45) is 16.1. The SMILES string of the molecule is CC(C)=CC=CC(C)=CC=CC(C)=CC1CC2(C(O)O1)C(CCCO)C(=C(C)C=O)CCC2(C)O. The smallest absolute Gasteiger partial charge is 0.164 e. The standard InChI is InChI=1S/C30H44O5/c1-21(2)10-7-11-22(3)12-8-13-23(4)18-25-19-30(28(33)35-25)27(14-9-17-31)26(24(5)20-32)15-16-29(30,6)34/h7-8,10-13,18,20,25,27-28,31,33-34H,9,14-17,19H2,1-6H3. The first kappa shape index (κ1) is 29.2. The molecule has 2 aliphatic rings. The number of rotatable bonds is 9. The van der Waals surface area contributed by atoms with Crippen molar-refractivity contribution in [1.82, 2.24) is 0 Å². The number of aliphatic hydroxyl groups excluding tert-OH is 2. The molecule has 0 amide bonds. The molecule has 5 nitrogen and oxygen atoms in total. The quantitative estimate of drug-likeness (QED) is 0.229. The predicted molar refractivity (Wildman–Crippen MR) is 142 cm³/mol. The Balaban J connectivity index is 2.30. The Morgan fingerprint density at radius 1 is 1.09 bits per heavy atom. The number of aldehydes is 1. The zero-order valence-electron chi connectivity index (χ0n) is 22.3. The van der Waals surface area contributed by atoms with Gasteiger partial charge in [-0.25, -0.2) is 0 Å². The highest BCUT2D eigenvalue weighted by Gasteiger charge is 2.64. The number of hydrogen-bond donors (Lipinski definition) is 3. The van der Waals surface area contributed by atoms with Crippen LogP contribution in [0.5, 0.6) is 0 Å². The van der Waals surface area contributed by atoms with Crippen LogP contribution in [0.1, 0.15) is 73.6 Å². The lowest BCUT2D eigenvalue weighted by atomic mass is 9.53. The van der Waals surface area contributed by atoms with E-state index in [4.69, 9.17) is 4.74 Å². The molecule has 1 spiro atoms. The minimum absolute atomic E-state index is 0.0167. The highest BCUT2D eigenvalue weighted by atomic mass is 16.6. The van der Waals surface area contributed by atoms with Crippen molar-refractivity contribution >= 4 is 6.29 Å². The molecule has 5 unspecified atom stereocenters. The van der Waals surface area contributed by atoms with Crippen LogP contribution in [0, 0.1) is 11.3 Å². The van der Waals surface area contributed by atoms with Crippen molar-refractivity contribution in [1.29, 1.82) is 0 Å². The summed E-state index contributed by atoms with van der Waals surface area (Å²) in [5.41, 5.74) is 2.88. The highest BCUT2D eigenvalue weighted by Crippen LogP contribution is 2.60. The van der Waals surface area contributed by atoms with E-state index in [0.717, 1.165) is 23.0 Å². The second kappa shape index (κ2) is 12.8. The van der Waals surface area contributed by atoms with Crippen LogP contribution in [-0.4, -0.2) is 46.2 Å². The summed E-state index contributed by atoms with van der Waals surface area (Å²) < 4.78 is 6.01. The van der Waals surface area contributed by atoms with E-state index in [1.165, 1.54) is 5.57 Å². The molecule has 194 valence electrons. The van der Waals surface area contributed by atoms with Crippen molar-refractivity contribution < 1.29 is 24.9 Å². The van der Waals surface area contributed by atoms with Gasteiger partial charge >= 0.3 is 0 Å². The molecule has 3 N–H and O–H groups in total. The third kappa shape index (κ3) is 7.01. The Labute approximate surface area is 211 Å². The van der Waals surface area contributed by atoms with Crippen LogP contribution >= 0.6 is 0 Å². The van der Waals surface area contributed by atoms with Crippen LogP contribution in [-0.2, 0) is 9.53 Å². The van der Waals surface area contributed by atoms with Gasteiger partial charge in [-0.15, -0.1) is 0 Å². The van der Waals surface area contributed by atoms with Gasteiger partial charge in [0.1, 0.15) is 6.29 Å². The largest absolute Gasteiger partial charge is 0.396 e. The summed E-state index contributed by atoms with van der Waals surface area (Å²) in [4.78, 5) is 11.6. The maximum Gasteiger partial charge on any atom is 0.164 e. The van der Waals surface area contributed by atoms with Crippen LogP contribution in [0.25, 0.3) is 0 Å². The maximum atomic E-state index is 11.6. The molecule has 1 saturated heterocycles. The van der Waals surface area contributed by atoms with Crippen molar-refractivity contribution in [2.24, 2.45) is 11.3 Å². The van der Waals surface area contributed by atoms with E-state index in [-0.39, 0.29) is 18.6 Å². The lowest BCUT2D eigenvalue weighted by molar-refractivity contribution is -0.219. The average molecular weight is 485 g/mol. The predicted octanol–water partition coefficient (Wildman–Crippen LogP) is 5.50. The van der Waals surface area contributed by atoms with Crippen LogP contribution in [0.3, 0.4) is 0 Å². The summed E-state index contributed by atoms with van der Waals surface area (Å²) in [5, 5.41) is 32.2. The zero-order chi connectivity index (χ0) is 26.2. The topological polar surface area (TPSA) is 87.0 Å². The van der Waals surface area contributed by atoms with Gasteiger partial charge in [-0.05, 0) is 85.1 Å². The first-order valence-corrected chi connectivity index (χ1v) is 12.6. The number of hydrogen-bond acceptors (Lipinski definition) is 5. The summed E-state index contributed by atoms with van der Waals surface area (Å²) in [5.74, 6) is -0.244. The third-order valence-corrected chi connectivity index (χ3v) is 7.50. The van der Waals surface area contributed by atoms with Crippen LogP contribution in [0.15, 0.2) is 70.4 Å². The number of allylic oxidation sites excluding steroid dienone is 11. The van der Waals surface area contributed by atoms with E-state index in [9.17, 15) is 20.1 Å². The first-order chi connectivity index (χ1) is 16.5. The molecular weight excluding hydrogens is 440 g/mol. The zero-order valence-corrected chi connectivity index (χ0v) is 22.3. The monoisotopic (exact) mass is 484 g/mol. The molecule has 35 heavy (non-hydrogen) atoms. The minimum Gasteiger partial charge on any atom is -0.396 e. The van der Waals surface area contributed by atoms with Gasteiger partial charge in [0, 0.05) is 6.61 Å². The van der Waals surface area contributed by atoms with E-state index in [2.05, 4.69) is 26.0 Å². The van der Waals surface area contributed by atoms with Crippen molar-refractivity contribution in [2.45, 2.75) is 91.6 Å². The van der Waals surface area contributed by atoms with E-state index in [0.29, 0.717) is 37.7 Å². The summed E-state index contributed by atoms with van der Waals surface area (Å²) in [6.45, 7) is 11.7. The van der Waals surface area contributed by atoms with Gasteiger partial charge in [-0.2, -0.15) is 0 Å². The molecule has 1 heterocycles. The molecule has 5 atom stereocenters. The van der Waals surface area contributed by atoms with Gasteiger partial charge in [-0.1, -0.05) is 64.8 Å². The Kier molecular flexibility index (Phi) is 10.6. The average Bonchev–Trinajstić information content (AvgIpc) is 3.10. The second-order valence-corrected chi connectivity index (χ2v) is 10.6. The fraction of sp³-hybridized carbons (Fsp3) is 0.567. The molecule has 2 rings (SSSR count). The summed E-state index contributed by atoms with van der Waals surface area (Å²) >= 11 is 0. The lowest BCUT2D eigenvalue weighted by Gasteiger charge is -2.53. The highest BCUT2D eigenvalue weighted by molar-refractivity contribution is 5.74. The molecule has 1 saturated carbocycles. The van der Waals surface area contributed by atoms with Gasteiger partial charge in [0.2, 0.25) is 0 Å².